The highest BCUT2D eigenvalue weighted by molar-refractivity contribution is 6.51. The fraction of sp³-hybridized carbons (Fsp3) is 0.125. The van der Waals surface area contributed by atoms with E-state index in [4.69, 9.17) is 9.47 Å². The van der Waals surface area contributed by atoms with E-state index >= 15 is 0 Å². The number of hydrogen-bond donors (Lipinski definition) is 1. The van der Waals surface area contributed by atoms with Crippen LogP contribution in [0.15, 0.2) is 78.5 Å². The first-order chi connectivity index (χ1) is 15.0. The van der Waals surface area contributed by atoms with Crippen LogP contribution < -0.4 is 14.4 Å². The van der Waals surface area contributed by atoms with E-state index in [9.17, 15) is 14.7 Å². The number of amides is 1. The zero-order chi connectivity index (χ0) is 22.0. The summed E-state index contributed by atoms with van der Waals surface area (Å²) in [7, 11) is 3.08. The van der Waals surface area contributed by atoms with Gasteiger partial charge >= 0.3 is 0 Å². The van der Waals surface area contributed by atoms with Gasteiger partial charge < -0.3 is 14.6 Å². The number of carbonyl (C=O) groups is 2. The average molecular weight is 416 g/mol. The molecule has 7 heteroatoms. The summed E-state index contributed by atoms with van der Waals surface area (Å²) in [6.45, 7) is 0. The van der Waals surface area contributed by atoms with Crippen molar-refractivity contribution in [1.82, 2.24) is 4.98 Å². The van der Waals surface area contributed by atoms with Crippen LogP contribution in [-0.2, 0) is 9.59 Å². The third-order valence-electron chi connectivity index (χ3n) is 5.13. The van der Waals surface area contributed by atoms with Crippen molar-refractivity contribution in [2.45, 2.75) is 6.04 Å². The Morgan fingerprint density at radius 3 is 2.06 bits per heavy atom. The zero-order valence-electron chi connectivity index (χ0n) is 17.0. The van der Waals surface area contributed by atoms with Gasteiger partial charge in [0.25, 0.3) is 11.7 Å². The molecule has 1 aromatic heterocycles. The lowest BCUT2D eigenvalue weighted by Gasteiger charge is -2.24. The van der Waals surface area contributed by atoms with Gasteiger partial charge in [0.05, 0.1) is 25.5 Å². The summed E-state index contributed by atoms with van der Waals surface area (Å²) >= 11 is 0. The van der Waals surface area contributed by atoms with Gasteiger partial charge in [0.1, 0.15) is 23.3 Å². The number of ketones is 1. The van der Waals surface area contributed by atoms with Crippen LogP contribution in [0.4, 0.5) is 5.69 Å². The van der Waals surface area contributed by atoms with Crippen LogP contribution in [0.1, 0.15) is 17.3 Å². The third-order valence-corrected chi connectivity index (χ3v) is 5.13. The molecule has 2 aromatic carbocycles. The molecule has 1 fully saturated rings. The SMILES string of the molecule is COc1ccc(/C(O)=C2/C(=O)C(=O)N(c3ccc(OC)cc3)C2c2ccccn2)cc1. The number of methoxy groups -OCH3 is 2. The summed E-state index contributed by atoms with van der Waals surface area (Å²) in [6.07, 6.45) is 1.58. The minimum atomic E-state index is -0.878. The molecule has 1 saturated heterocycles. The summed E-state index contributed by atoms with van der Waals surface area (Å²) in [5.74, 6) is -0.562. The van der Waals surface area contributed by atoms with E-state index < -0.39 is 17.7 Å². The van der Waals surface area contributed by atoms with Gasteiger partial charge in [0, 0.05) is 17.4 Å². The van der Waals surface area contributed by atoms with Crippen molar-refractivity contribution in [3.05, 3.63) is 89.8 Å². The van der Waals surface area contributed by atoms with E-state index in [-0.39, 0.29) is 11.3 Å². The molecule has 31 heavy (non-hydrogen) atoms. The number of ether oxygens (including phenoxy) is 2. The van der Waals surface area contributed by atoms with Gasteiger partial charge in [0.15, 0.2) is 0 Å². The van der Waals surface area contributed by atoms with Crippen LogP contribution in [0.5, 0.6) is 11.5 Å². The van der Waals surface area contributed by atoms with Crippen LogP contribution in [-0.4, -0.2) is 36.0 Å². The molecule has 1 N–H and O–H groups in total. The highest BCUT2D eigenvalue weighted by Gasteiger charge is 2.47. The fourth-order valence-corrected chi connectivity index (χ4v) is 3.56. The molecule has 7 nitrogen and oxygen atoms in total. The topological polar surface area (TPSA) is 89.0 Å². The largest absolute Gasteiger partial charge is 0.507 e. The van der Waals surface area contributed by atoms with E-state index in [1.165, 1.54) is 12.0 Å². The molecular weight excluding hydrogens is 396 g/mol. The van der Waals surface area contributed by atoms with Gasteiger partial charge in [-0.25, -0.2) is 0 Å². The number of Topliss-reactive ketones (excluding diaryl/α,β-unsaturated/α-hetero) is 1. The van der Waals surface area contributed by atoms with E-state index in [1.54, 1.807) is 80.0 Å². The molecule has 0 spiro atoms. The molecule has 1 atom stereocenters. The molecule has 1 aliphatic rings. The third kappa shape index (κ3) is 3.61. The molecule has 0 radical (unpaired) electrons. The van der Waals surface area contributed by atoms with Crippen LogP contribution in [0.25, 0.3) is 5.76 Å². The Hall–Kier alpha value is -4.13. The number of rotatable bonds is 5. The standard InChI is InChI=1S/C24H20N2O5/c1-30-17-10-6-15(7-11-17)22(27)20-21(19-5-3-4-14-25-19)26(24(29)23(20)28)16-8-12-18(31-2)13-9-16/h3-14,21,27H,1-2H3/b22-20-. The number of anilines is 1. The molecule has 3 aromatic rings. The summed E-state index contributed by atoms with van der Waals surface area (Å²) in [6, 6.07) is 17.7. The zero-order valence-corrected chi connectivity index (χ0v) is 17.0. The Kier molecular flexibility index (Phi) is 5.41. The van der Waals surface area contributed by atoms with Crippen LogP contribution in [0.3, 0.4) is 0 Å². The maximum Gasteiger partial charge on any atom is 0.300 e. The van der Waals surface area contributed by atoms with Gasteiger partial charge in [-0.05, 0) is 60.7 Å². The Labute approximate surface area is 179 Å². The van der Waals surface area contributed by atoms with Crippen molar-refractivity contribution < 1.29 is 24.2 Å². The molecule has 156 valence electrons. The maximum absolute atomic E-state index is 13.0. The van der Waals surface area contributed by atoms with Gasteiger partial charge in [-0.2, -0.15) is 0 Å². The molecule has 0 bridgehead atoms. The lowest BCUT2D eigenvalue weighted by molar-refractivity contribution is -0.132. The molecule has 0 saturated carbocycles. The Bertz CT molecular complexity index is 1140. The van der Waals surface area contributed by atoms with Gasteiger partial charge in [-0.15, -0.1) is 0 Å². The molecule has 1 amide bonds. The van der Waals surface area contributed by atoms with E-state index in [0.717, 1.165) is 0 Å². The highest BCUT2D eigenvalue weighted by atomic mass is 16.5. The predicted molar refractivity (Wildman–Crippen MR) is 115 cm³/mol. The van der Waals surface area contributed by atoms with Crippen molar-refractivity contribution in [2.75, 3.05) is 19.1 Å². The first-order valence-corrected chi connectivity index (χ1v) is 9.55. The number of pyridine rings is 1. The van der Waals surface area contributed by atoms with Crippen molar-refractivity contribution >= 4 is 23.1 Å². The number of aromatic nitrogens is 1. The van der Waals surface area contributed by atoms with Crippen LogP contribution in [0, 0.1) is 0 Å². The minimum Gasteiger partial charge on any atom is -0.507 e. The van der Waals surface area contributed by atoms with Crippen molar-refractivity contribution in [3.63, 3.8) is 0 Å². The molecule has 4 rings (SSSR count). The first-order valence-electron chi connectivity index (χ1n) is 9.55. The minimum absolute atomic E-state index is 0.0234. The number of hydrogen-bond acceptors (Lipinski definition) is 6. The highest BCUT2D eigenvalue weighted by Crippen LogP contribution is 2.41. The van der Waals surface area contributed by atoms with Crippen molar-refractivity contribution in [2.24, 2.45) is 0 Å². The number of carbonyl (C=O) groups excluding carboxylic acids is 2. The van der Waals surface area contributed by atoms with Crippen LogP contribution in [0.2, 0.25) is 0 Å². The summed E-state index contributed by atoms with van der Waals surface area (Å²) in [5.41, 5.74) is 1.33. The molecule has 1 unspecified atom stereocenters. The van der Waals surface area contributed by atoms with E-state index in [2.05, 4.69) is 4.98 Å². The monoisotopic (exact) mass is 416 g/mol. The Morgan fingerprint density at radius 2 is 1.52 bits per heavy atom. The van der Waals surface area contributed by atoms with E-state index in [1.807, 2.05) is 0 Å². The maximum atomic E-state index is 13.0. The van der Waals surface area contributed by atoms with Crippen molar-refractivity contribution in [3.8, 4) is 11.5 Å². The number of aliphatic hydroxyl groups is 1. The smallest absolute Gasteiger partial charge is 0.300 e. The summed E-state index contributed by atoms with van der Waals surface area (Å²) in [4.78, 5) is 31.8. The second kappa shape index (κ2) is 8.31. The fourth-order valence-electron chi connectivity index (χ4n) is 3.56. The molecule has 2 heterocycles. The first kappa shape index (κ1) is 20.2. The van der Waals surface area contributed by atoms with Crippen molar-refractivity contribution in [1.29, 1.82) is 0 Å². The average Bonchev–Trinajstić information content (AvgIpc) is 3.09. The second-order valence-electron chi connectivity index (χ2n) is 6.85. The number of nitrogens with zero attached hydrogens (tertiary/aromatic N) is 2. The quantitative estimate of drug-likeness (QED) is 0.387. The normalized spacial score (nSPS) is 17.6. The Balaban J connectivity index is 1.88. The molecule has 1 aliphatic heterocycles. The molecular formula is C24H20N2O5. The Morgan fingerprint density at radius 1 is 0.903 bits per heavy atom. The molecule has 0 aliphatic carbocycles. The van der Waals surface area contributed by atoms with Gasteiger partial charge in [-0.3, -0.25) is 19.5 Å². The van der Waals surface area contributed by atoms with Gasteiger partial charge in [0.2, 0.25) is 0 Å². The summed E-state index contributed by atoms with van der Waals surface area (Å²) < 4.78 is 10.3. The lowest BCUT2D eigenvalue weighted by Crippen LogP contribution is -2.29. The van der Waals surface area contributed by atoms with Gasteiger partial charge in [-0.1, -0.05) is 6.07 Å². The number of benzene rings is 2. The lowest BCUT2D eigenvalue weighted by atomic mass is 9.98. The summed E-state index contributed by atoms with van der Waals surface area (Å²) in [5, 5.41) is 11.0. The van der Waals surface area contributed by atoms with Crippen LogP contribution >= 0.6 is 0 Å². The predicted octanol–water partition coefficient (Wildman–Crippen LogP) is 3.73. The number of aliphatic hydroxyl groups excluding tert-OH is 1. The van der Waals surface area contributed by atoms with E-state index in [0.29, 0.717) is 28.4 Å². The second-order valence-corrected chi connectivity index (χ2v) is 6.85.